The second-order valence-electron chi connectivity index (χ2n) is 12.5. The van der Waals surface area contributed by atoms with Gasteiger partial charge in [0.2, 0.25) is 0 Å². The molecular formula is C31H43FN2O3S. The number of methoxy groups -OCH3 is 1. The molecule has 5 nitrogen and oxygen atoms in total. The molecule has 3 unspecified atom stereocenters. The number of nitrogens with zero attached hydrogens (tertiary/aromatic N) is 2. The first-order chi connectivity index (χ1) is 17.9. The summed E-state index contributed by atoms with van der Waals surface area (Å²) in [7, 11) is 1.72. The van der Waals surface area contributed by atoms with E-state index in [-0.39, 0.29) is 23.0 Å². The minimum absolute atomic E-state index is 0.0344. The number of aryl methyl sites for hydroxylation is 1. The standard InChI is InChI=1S/C31H43FN2O3S/c1-18(2)13-22-15-24-21(16-25(22)36-8)9-10-23-27(28(35)19(3)11-12-37-17-31(5,6)7)33-30(34(23)24)26-14-20(4)29(32)38-26/h14-16,18-20,29H,9-13,17H2,1-8H3. The van der Waals surface area contributed by atoms with Gasteiger partial charge in [-0.1, -0.05) is 66.3 Å². The average Bonchev–Trinajstić information content (AvgIpc) is 3.39. The number of allylic oxidation sites excluding steroid dienone is 1. The quantitative estimate of drug-likeness (QED) is 0.230. The zero-order chi connectivity index (χ0) is 27.8. The number of benzene rings is 1. The van der Waals surface area contributed by atoms with E-state index in [9.17, 15) is 9.18 Å². The number of Topliss-reactive ketones (excluding diaryl/α,β-unsaturated/α-hetero) is 1. The number of ketones is 1. The predicted octanol–water partition coefficient (Wildman–Crippen LogP) is 7.47. The van der Waals surface area contributed by atoms with Gasteiger partial charge in [-0.3, -0.25) is 9.36 Å². The second kappa shape index (κ2) is 11.5. The maximum absolute atomic E-state index is 14.6. The fraction of sp³-hybridized carbons (Fsp3) is 0.613. The molecule has 0 amide bonds. The fourth-order valence-electron chi connectivity index (χ4n) is 5.12. The highest BCUT2D eigenvalue weighted by molar-refractivity contribution is 8.09. The van der Waals surface area contributed by atoms with E-state index in [0.717, 1.165) is 46.0 Å². The molecule has 3 heterocycles. The van der Waals surface area contributed by atoms with E-state index in [1.54, 1.807) is 7.11 Å². The minimum Gasteiger partial charge on any atom is -0.496 e. The van der Waals surface area contributed by atoms with Crippen LogP contribution in [-0.2, 0) is 24.0 Å². The molecule has 0 N–H and O–H groups in total. The fourth-order valence-corrected chi connectivity index (χ4v) is 6.19. The summed E-state index contributed by atoms with van der Waals surface area (Å²) in [5.74, 6) is 1.66. The molecule has 7 heteroatoms. The number of rotatable bonds is 10. The summed E-state index contributed by atoms with van der Waals surface area (Å²) < 4.78 is 28.3. The van der Waals surface area contributed by atoms with E-state index in [0.29, 0.717) is 43.5 Å². The highest BCUT2D eigenvalue weighted by Gasteiger charge is 2.35. The first-order valence-electron chi connectivity index (χ1n) is 13.9. The number of ether oxygens (including phenoxy) is 2. The van der Waals surface area contributed by atoms with Crippen molar-refractivity contribution in [1.82, 2.24) is 9.55 Å². The van der Waals surface area contributed by atoms with Gasteiger partial charge in [0.1, 0.15) is 11.4 Å². The summed E-state index contributed by atoms with van der Waals surface area (Å²) in [4.78, 5) is 19.5. The molecule has 38 heavy (non-hydrogen) atoms. The van der Waals surface area contributed by atoms with Crippen LogP contribution in [0.15, 0.2) is 18.2 Å². The molecule has 2 aliphatic rings. The molecule has 0 fully saturated rings. The topological polar surface area (TPSA) is 53.4 Å². The third-order valence-corrected chi connectivity index (χ3v) is 8.38. The van der Waals surface area contributed by atoms with Crippen molar-refractivity contribution in [3.05, 3.63) is 46.5 Å². The number of hydrogen-bond donors (Lipinski definition) is 0. The number of carbonyl (C=O) groups excluding carboxylic acids is 1. The van der Waals surface area contributed by atoms with Gasteiger partial charge in [-0.2, -0.15) is 0 Å². The van der Waals surface area contributed by atoms with Crippen molar-refractivity contribution < 1.29 is 18.7 Å². The molecule has 0 spiro atoms. The number of fused-ring (bicyclic) bond motifs is 3. The largest absolute Gasteiger partial charge is 0.496 e. The number of alkyl halides is 1. The van der Waals surface area contributed by atoms with Crippen molar-refractivity contribution >= 4 is 22.5 Å². The Bertz CT molecular complexity index is 1210. The summed E-state index contributed by atoms with van der Waals surface area (Å²) >= 11 is 1.20. The van der Waals surface area contributed by atoms with Crippen LogP contribution in [0.4, 0.5) is 4.39 Å². The summed E-state index contributed by atoms with van der Waals surface area (Å²) in [5.41, 5.74) is 3.86. The Morgan fingerprint density at radius 1 is 1.24 bits per heavy atom. The van der Waals surface area contributed by atoms with Gasteiger partial charge >= 0.3 is 0 Å². The van der Waals surface area contributed by atoms with Gasteiger partial charge in [0.25, 0.3) is 0 Å². The minimum atomic E-state index is -1.01. The third-order valence-electron chi connectivity index (χ3n) is 7.15. The molecule has 0 saturated heterocycles. The van der Waals surface area contributed by atoms with E-state index < -0.39 is 5.50 Å². The normalized spacial score (nSPS) is 19.8. The molecule has 208 valence electrons. The lowest BCUT2D eigenvalue weighted by atomic mass is 9.93. The van der Waals surface area contributed by atoms with Crippen LogP contribution in [0.3, 0.4) is 0 Å². The lowest BCUT2D eigenvalue weighted by molar-refractivity contribution is 0.0599. The van der Waals surface area contributed by atoms with Gasteiger partial charge in [-0.05, 0) is 60.3 Å². The van der Waals surface area contributed by atoms with Crippen LogP contribution in [0, 0.1) is 23.2 Å². The molecule has 4 rings (SSSR count). The van der Waals surface area contributed by atoms with Gasteiger partial charge in [0, 0.05) is 23.3 Å². The number of hydrogen-bond acceptors (Lipinski definition) is 5. The van der Waals surface area contributed by atoms with Crippen molar-refractivity contribution in [3.63, 3.8) is 0 Å². The molecule has 2 aromatic rings. The van der Waals surface area contributed by atoms with Crippen LogP contribution in [0.2, 0.25) is 0 Å². The van der Waals surface area contributed by atoms with Crippen LogP contribution in [-0.4, -0.2) is 41.2 Å². The summed E-state index contributed by atoms with van der Waals surface area (Å²) in [5, 5.41) is 0. The van der Waals surface area contributed by atoms with E-state index in [1.807, 2.05) is 19.9 Å². The maximum atomic E-state index is 14.6. The Labute approximate surface area is 231 Å². The zero-order valence-electron chi connectivity index (χ0n) is 24.2. The molecular weight excluding hydrogens is 499 g/mol. The Balaban J connectivity index is 1.74. The van der Waals surface area contributed by atoms with E-state index in [4.69, 9.17) is 14.5 Å². The monoisotopic (exact) mass is 542 g/mol. The lowest BCUT2D eigenvalue weighted by Gasteiger charge is -2.24. The molecule has 1 aromatic carbocycles. The van der Waals surface area contributed by atoms with Crippen molar-refractivity contribution in [2.75, 3.05) is 20.3 Å². The first-order valence-corrected chi connectivity index (χ1v) is 14.7. The third kappa shape index (κ3) is 6.20. The van der Waals surface area contributed by atoms with Crippen molar-refractivity contribution in [3.8, 4) is 11.4 Å². The van der Waals surface area contributed by atoms with Crippen molar-refractivity contribution in [2.24, 2.45) is 23.2 Å². The molecule has 1 aromatic heterocycles. The zero-order valence-corrected chi connectivity index (χ0v) is 25.0. The summed E-state index contributed by atoms with van der Waals surface area (Å²) in [6, 6.07) is 4.32. The first kappa shape index (κ1) is 28.9. The second-order valence-corrected chi connectivity index (χ2v) is 13.6. The van der Waals surface area contributed by atoms with Gasteiger partial charge < -0.3 is 9.47 Å². The number of carbonyl (C=O) groups is 1. The number of imidazole rings is 1. The lowest BCUT2D eigenvalue weighted by Crippen LogP contribution is -2.20. The van der Waals surface area contributed by atoms with Gasteiger partial charge in [0.05, 0.1) is 25.1 Å². The van der Waals surface area contributed by atoms with Gasteiger partial charge in [0.15, 0.2) is 17.1 Å². The van der Waals surface area contributed by atoms with E-state index in [1.165, 1.54) is 11.8 Å². The molecule has 0 radical (unpaired) electrons. The number of aromatic nitrogens is 2. The number of halogens is 1. The highest BCUT2D eigenvalue weighted by Crippen LogP contribution is 2.45. The van der Waals surface area contributed by atoms with Crippen LogP contribution in [0.1, 0.15) is 88.0 Å². The molecule has 0 saturated carbocycles. The maximum Gasteiger partial charge on any atom is 0.185 e. The molecule has 0 bridgehead atoms. The number of thioether (sulfide) groups is 1. The Kier molecular flexibility index (Phi) is 8.78. The van der Waals surface area contributed by atoms with Crippen molar-refractivity contribution in [2.45, 2.75) is 79.7 Å². The van der Waals surface area contributed by atoms with Crippen LogP contribution in [0.5, 0.6) is 5.75 Å². The average molecular weight is 543 g/mol. The smallest absolute Gasteiger partial charge is 0.185 e. The van der Waals surface area contributed by atoms with Crippen LogP contribution < -0.4 is 4.74 Å². The van der Waals surface area contributed by atoms with E-state index >= 15 is 0 Å². The SMILES string of the molecule is COc1cc2c(cc1CC(C)C)-n1c(C3=CC(C)C(F)S3)nc(C(=O)C(C)CCOCC(C)(C)C)c1CC2. The Morgan fingerprint density at radius 3 is 2.58 bits per heavy atom. The summed E-state index contributed by atoms with van der Waals surface area (Å²) in [6.45, 7) is 15.8. The molecule has 3 atom stereocenters. The Morgan fingerprint density at radius 2 is 1.97 bits per heavy atom. The highest BCUT2D eigenvalue weighted by atomic mass is 32.2. The van der Waals surface area contributed by atoms with Crippen LogP contribution >= 0.6 is 11.8 Å². The van der Waals surface area contributed by atoms with Gasteiger partial charge in [-0.15, -0.1) is 0 Å². The van der Waals surface area contributed by atoms with E-state index in [2.05, 4.69) is 51.3 Å². The Hall–Kier alpha value is -2.12. The van der Waals surface area contributed by atoms with Crippen LogP contribution in [0.25, 0.3) is 10.6 Å². The predicted molar refractivity (Wildman–Crippen MR) is 154 cm³/mol. The van der Waals surface area contributed by atoms with Gasteiger partial charge in [-0.25, -0.2) is 9.37 Å². The summed E-state index contributed by atoms with van der Waals surface area (Å²) in [6.07, 6.45) is 4.98. The molecule has 2 aliphatic heterocycles. The molecule has 0 aliphatic carbocycles. The van der Waals surface area contributed by atoms with Crippen molar-refractivity contribution in [1.29, 1.82) is 0 Å².